The fraction of sp³-hybridized carbons (Fsp3) is 0.923. The van der Waals surface area contributed by atoms with Gasteiger partial charge < -0.3 is 15.5 Å². The largest absolute Gasteiger partial charge is 0.337 e. The first kappa shape index (κ1) is 14.5. The highest BCUT2D eigenvalue weighted by Crippen LogP contribution is 2.19. The van der Waals surface area contributed by atoms with Crippen LogP contribution in [0.15, 0.2) is 0 Å². The number of piperidine rings is 1. The van der Waals surface area contributed by atoms with Gasteiger partial charge in [-0.1, -0.05) is 13.8 Å². The van der Waals surface area contributed by atoms with Gasteiger partial charge >= 0.3 is 0 Å². The van der Waals surface area contributed by atoms with Crippen LogP contribution >= 0.6 is 0 Å². The van der Waals surface area contributed by atoms with E-state index in [1.165, 1.54) is 6.42 Å². The van der Waals surface area contributed by atoms with E-state index >= 15 is 0 Å². The predicted octanol–water partition coefficient (Wildman–Crippen LogP) is 0.912. The van der Waals surface area contributed by atoms with Gasteiger partial charge in [-0.15, -0.1) is 0 Å². The lowest BCUT2D eigenvalue weighted by Gasteiger charge is -2.39. The van der Waals surface area contributed by atoms with Crippen molar-refractivity contribution >= 4 is 5.91 Å². The number of hydrogen-bond donors (Lipinski definition) is 1. The van der Waals surface area contributed by atoms with Gasteiger partial charge in [-0.3, -0.25) is 4.79 Å². The second kappa shape index (κ2) is 6.36. The number of likely N-dealkylation sites (tertiary alicyclic amines) is 1. The van der Waals surface area contributed by atoms with Crippen LogP contribution in [0.4, 0.5) is 0 Å². The molecule has 0 aliphatic carbocycles. The maximum Gasteiger partial charge on any atom is 0.240 e. The normalized spacial score (nSPS) is 23.2. The number of carbonyl (C=O) groups excluding carboxylic acids is 1. The Bertz CT molecular complexity index is 253. The highest BCUT2D eigenvalue weighted by molar-refractivity contribution is 5.82. The zero-order chi connectivity index (χ0) is 13.0. The Morgan fingerprint density at radius 2 is 2.06 bits per heavy atom. The summed E-state index contributed by atoms with van der Waals surface area (Å²) in [6.45, 7) is 5.83. The van der Waals surface area contributed by atoms with Crippen LogP contribution in [0, 0.1) is 5.92 Å². The lowest BCUT2D eigenvalue weighted by atomic mass is 9.97. The number of hydrogen-bond acceptors (Lipinski definition) is 3. The molecule has 0 saturated carbocycles. The van der Waals surface area contributed by atoms with Gasteiger partial charge in [0.25, 0.3) is 0 Å². The van der Waals surface area contributed by atoms with Crippen LogP contribution in [0.3, 0.4) is 0 Å². The van der Waals surface area contributed by atoms with Crippen LogP contribution in [-0.4, -0.2) is 55.0 Å². The van der Waals surface area contributed by atoms with Crippen LogP contribution in [0.5, 0.6) is 0 Å². The van der Waals surface area contributed by atoms with Gasteiger partial charge in [0.15, 0.2) is 0 Å². The summed E-state index contributed by atoms with van der Waals surface area (Å²) >= 11 is 0. The minimum absolute atomic E-state index is 0.131. The fourth-order valence-electron chi connectivity index (χ4n) is 2.38. The van der Waals surface area contributed by atoms with Crippen molar-refractivity contribution < 1.29 is 4.79 Å². The van der Waals surface area contributed by atoms with Gasteiger partial charge in [0, 0.05) is 19.1 Å². The monoisotopic (exact) mass is 241 g/mol. The standard InChI is InChI=1S/C13H27N3O/c1-10(2)12(14)13(17)16-8-6-5-7-11(16)9-15(3)4/h10-12H,5-9,14H2,1-4H3/t11-,12?/m0/s1. The molecule has 1 amide bonds. The van der Waals surface area contributed by atoms with Crippen LogP contribution in [0.25, 0.3) is 0 Å². The lowest BCUT2D eigenvalue weighted by Crippen LogP contribution is -2.54. The topological polar surface area (TPSA) is 49.6 Å². The van der Waals surface area contributed by atoms with E-state index in [1.54, 1.807) is 0 Å². The highest BCUT2D eigenvalue weighted by Gasteiger charge is 2.31. The molecule has 1 unspecified atom stereocenters. The summed E-state index contributed by atoms with van der Waals surface area (Å²) in [5, 5.41) is 0. The molecule has 0 aromatic carbocycles. The van der Waals surface area contributed by atoms with Crippen molar-refractivity contribution in [1.82, 2.24) is 9.80 Å². The third kappa shape index (κ3) is 3.96. The zero-order valence-electron chi connectivity index (χ0n) is 11.6. The summed E-state index contributed by atoms with van der Waals surface area (Å²) in [5.41, 5.74) is 5.98. The minimum atomic E-state index is -0.349. The second-order valence-corrected chi connectivity index (χ2v) is 5.71. The molecule has 0 bridgehead atoms. The molecule has 100 valence electrons. The van der Waals surface area contributed by atoms with E-state index in [1.807, 2.05) is 18.7 Å². The Kier molecular flexibility index (Phi) is 5.40. The molecule has 0 spiro atoms. The van der Waals surface area contributed by atoms with E-state index in [-0.39, 0.29) is 17.9 Å². The number of nitrogens with zero attached hydrogens (tertiary/aromatic N) is 2. The van der Waals surface area contributed by atoms with Crippen LogP contribution in [0.2, 0.25) is 0 Å². The average Bonchev–Trinajstić information content (AvgIpc) is 2.27. The molecular formula is C13H27N3O. The smallest absolute Gasteiger partial charge is 0.240 e. The van der Waals surface area contributed by atoms with Crippen LogP contribution in [0.1, 0.15) is 33.1 Å². The fourth-order valence-corrected chi connectivity index (χ4v) is 2.38. The summed E-state index contributed by atoms with van der Waals surface area (Å²) in [7, 11) is 4.11. The third-order valence-corrected chi connectivity index (χ3v) is 3.49. The summed E-state index contributed by atoms with van der Waals surface area (Å²) in [4.78, 5) is 16.5. The van der Waals surface area contributed by atoms with Gasteiger partial charge in [0.05, 0.1) is 6.04 Å². The van der Waals surface area contributed by atoms with Crippen LogP contribution in [-0.2, 0) is 4.79 Å². The molecule has 2 atom stereocenters. The second-order valence-electron chi connectivity index (χ2n) is 5.71. The molecule has 0 radical (unpaired) electrons. The Morgan fingerprint density at radius 3 is 2.59 bits per heavy atom. The summed E-state index contributed by atoms with van der Waals surface area (Å²) in [6.07, 6.45) is 3.44. The molecule has 2 N–H and O–H groups in total. The van der Waals surface area contributed by atoms with Crippen LogP contribution < -0.4 is 5.73 Å². The highest BCUT2D eigenvalue weighted by atomic mass is 16.2. The van der Waals surface area contributed by atoms with Crippen molar-refractivity contribution in [2.75, 3.05) is 27.2 Å². The van der Waals surface area contributed by atoms with Crippen molar-refractivity contribution in [2.24, 2.45) is 11.7 Å². The predicted molar refractivity (Wildman–Crippen MR) is 70.7 cm³/mol. The van der Waals surface area contributed by atoms with E-state index < -0.39 is 0 Å². The number of nitrogens with two attached hydrogens (primary N) is 1. The summed E-state index contributed by atoms with van der Waals surface area (Å²) < 4.78 is 0. The van der Waals surface area contributed by atoms with Gasteiger partial charge in [0.1, 0.15) is 0 Å². The van der Waals surface area contributed by atoms with Gasteiger partial charge in [-0.25, -0.2) is 0 Å². The molecule has 1 saturated heterocycles. The number of likely N-dealkylation sites (N-methyl/N-ethyl adjacent to an activating group) is 1. The quantitative estimate of drug-likeness (QED) is 0.796. The van der Waals surface area contributed by atoms with Gasteiger partial charge in [0.2, 0.25) is 5.91 Å². The molecule has 1 aliphatic rings. The van der Waals surface area contributed by atoms with E-state index in [0.717, 1.165) is 25.9 Å². The molecule has 17 heavy (non-hydrogen) atoms. The Balaban J connectivity index is 2.67. The lowest BCUT2D eigenvalue weighted by molar-refractivity contribution is -0.137. The maximum absolute atomic E-state index is 12.3. The maximum atomic E-state index is 12.3. The molecule has 4 nitrogen and oxygen atoms in total. The molecule has 1 fully saturated rings. The minimum Gasteiger partial charge on any atom is -0.337 e. The first-order valence-corrected chi connectivity index (χ1v) is 6.64. The number of carbonyl (C=O) groups is 1. The number of amides is 1. The van der Waals surface area contributed by atoms with E-state index in [9.17, 15) is 4.79 Å². The Labute approximate surface area is 105 Å². The average molecular weight is 241 g/mol. The van der Waals surface area contributed by atoms with Gasteiger partial charge in [-0.05, 0) is 39.3 Å². The van der Waals surface area contributed by atoms with Crippen molar-refractivity contribution in [3.05, 3.63) is 0 Å². The molecule has 1 rings (SSSR count). The molecule has 0 aromatic heterocycles. The van der Waals surface area contributed by atoms with E-state index in [4.69, 9.17) is 5.73 Å². The van der Waals surface area contributed by atoms with Crippen molar-refractivity contribution in [3.8, 4) is 0 Å². The zero-order valence-corrected chi connectivity index (χ0v) is 11.6. The Hall–Kier alpha value is -0.610. The van der Waals surface area contributed by atoms with E-state index in [0.29, 0.717) is 6.04 Å². The molecule has 0 aromatic rings. The molecule has 1 aliphatic heterocycles. The van der Waals surface area contributed by atoms with E-state index in [2.05, 4.69) is 19.0 Å². The SMILES string of the molecule is CC(C)C(N)C(=O)N1CCCC[C@H]1CN(C)C. The van der Waals surface area contributed by atoms with Crippen molar-refractivity contribution in [1.29, 1.82) is 0 Å². The van der Waals surface area contributed by atoms with Gasteiger partial charge in [-0.2, -0.15) is 0 Å². The molecule has 4 heteroatoms. The summed E-state index contributed by atoms with van der Waals surface area (Å²) in [6, 6.07) is -0.00573. The Morgan fingerprint density at radius 1 is 1.41 bits per heavy atom. The third-order valence-electron chi connectivity index (χ3n) is 3.49. The first-order chi connectivity index (χ1) is 7.93. The van der Waals surface area contributed by atoms with Crippen molar-refractivity contribution in [2.45, 2.75) is 45.2 Å². The molecular weight excluding hydrogens is 214 g/mol. The first-order valence-electron chi connectivity index (χ1n) is 6.64. The summed E-state index contributed by atoms with van der Waals surface area (Å²) in [5.74, 6) is 0.344. The molecule has 1 heterocycles. The number of rotatable bonds is 4. The van der Waals surface area contributed by atoms with Crippen molar-refractivity contribution in [3.63, 3.8) is 0 Å².